The number of hydrogen-bond acceptors (Lipinski definition) is 3. The van der Waals surface area contributed by atoms with E-state index in [2.05, 4.69) is 9.97 Å². The number of aromatic nitrogens is 2. The highest BCUT2D eigenvalue weighted by atomic mass is 19.4. The van der Waals surface area contributed by atoms with E-state index in [1.54, 1.807) is 6.07 Å². The average Bonchev–Trinajstić information content (AvgIpc) is 2.53. The molecular weight excluding hydrogens is 309 g/mol. The molecule has 8 heteroatoms. The summed E-state index contributed by atoms with van der Waals surface area (Å²) in [4.78, 5) is 21.2. The van der Waals surface area contributed by atoms with Crippen molar-refractivity contribution in [2.45, 2.75) is 25.1 Å². The van der Waals surface area contributed by atoms with Crippen molar-refractivity contribution in [1.29, 1.82) is 0 Å². The van der Waals surface area contributed by atoms with Crippen LogP contribution >= 0.6 is 0 Å². The van der Waals surface area contributed by atoms with E-state index in [9.17, 15) is 18.0 Å². The molecule has 1 atom stereocenters. The third-order valence-electron chi connectivity index (χ3n) is 3.79. The van der Waals surface area contributed by atoms with Crippen LogP contribution < -0.4 is 10.6 Å². The first-order chi connectivity index (χ1) is 10.9. The lowest BCUT2D eigenvalue weighted by atomic mass is 9.96. The molecule has 0 fully saturated rings. The summed E-state index contributed by atoms with van der Waals surface area (Å²) >= 11 is 0. The molecule has 0 aliphatic carbocycles. The molecule has 2 aromatic rings. The number of carbonyl (C=O) groups excluding carboxylic acids is 1. The number of nitrogens with zero attached hydrogens (tertiary/aromatic N) is 3. The van der Waals surface area contributed by atoms with Crippen LogP contribution in [0.25, 0.3) is 0 Å². The van der Waals surface area contributed by atoms with E-state index in [0.29, 0.717) is 24.4 Å². The summed E-state index contributed by atoms with van der Waals surface area (Å²) in [6, 6.07) is 4.59. The summed E-state index contributed by atoms with van der Waals surface area (Å²) in [6.45, 7) is 0. The average molecular weight is 322 g/mol. The van der Waals surface area contributed by atoms with Gasteiger partial charge in [0.05, 0.1) is 17.3 Å². The van der Waals surface area contributed by atoms with Crippen molar-refractivity contribution in [3.63, 3.8) is 0 Å². The number of primary amides is 1. The van der Waals surface area contributed by atoms with Gasteiger partial charge in [0.1, 0.15) is 5.82 Å². The van der Waals surface area contributed by atoms with Crippen LogP contribution in [0.15, 0.2) is 36.7 Å². The number of alkyl halides is 3. The molecule has 0 spiro atoms. The first-order valence-electron chi connectivity index (χ1n) is 6.93. The number of rotatable bonds is 1. The molecular formula is C15H13F3N4O. The Labute approximate surface area is 130 Å². The van der Waals surface area contributed by atoms with E-state index in [4.69, 9.17) is 5.73 Å². The first kappa shape index (κ1) is 15.3. The molecule has 23 heavy (non-hydrogen) atoms. The Kier molecular flexibility index (Phi) is 3.67. The number of aryl methyl sites for hydroxylation is 1. The van der Waals surface area contributed by atoms with Gasteiger partial charge >= 0.3 is 12.2 Å². The molecule has 0 saturated carbocycles. The van der Waals surface area contributed by atoms with Crippen molar-refractivity contribution in [1.82, 2.24) is 9.97 Å². The van der Waals surface area contributed by atoms with E-state index >= 15 is 0 Å². The van der Waals surface area contributed by atoms with E-state index in [1.165, 1.54) is 17.2 Å². The van der Waals surface area contributed by atoms with Crippen LogP contribution in [0, 0.1) is 0 Å². The molecule has 0 radical (unpaired) electrons. The highest BCUT2D eigenvalue weighted by Crippen LogP contribution is 2.37. The maximum absolute atomic E-state index is 12.6. The summed E-state index contributed by atoms with van der Waals surface area (Å²) in [5.41, 5.74) is 5.84. The zero-order valence-electron chi connectivity index (χ0n) is 11.9. The van der Waals surface area contributed by atoms with Crippen LogP contribution in [0.4, 0.5) is 23.8 Å². The highest BCUT2D eigenvalue weighted by Gasteiger charge is 2.34. The predicted molar refractivity (Wildman–Crippen MR) is 76.6 cm³/mol. The van der Waals surface area contributed by atoms with E-state index in [0.717, 1.165) is 17.8 Å². The Morgan fingerprint density at radius 3 is 2.65 bits per heavy atom. The molecule has 2 aromatic heterocycles. The van der Waals surface area contributed by atoms with Crippen molar-refractivity contribution in [2.24, 2.45) is 5.73 Å². The van der Waals surface area contributed by atoms with Gasteiger partial charge in [0.25, 0.3) is 0 Å². The van der Waals surface area contributed by atoms with Gasteiger partial charge in [0, 0.05) is 12.4 Å². The van der Waals surface area contributed by atoms with Gasteiger partial charge in [-0.2, -0.15) is 13.2 Å². The molecule has 2 amide bonds. The molecule has 3 rings (SSSR count). The number of pyridine rings is 2. The van der Waals surface area contributed by atoms with E-state index < -0.39 is 23.8 Å². The third-order valence-corrected chi connectivity index (χ3v) is 3.79. The van der Waals surface area contributed by atoms with Gasteiger partial charge < -0.3 is 5.73 Å². The molecule has 5 nitrogen and oxygen atoms in total. The number of halogens is 3. The number of carbonyl (C=O) groups is 1. The molecule has 3 heterocycles. The number of urea groups is 1. The van der Waals surface area contributed by atoms with Crippen LogP contribution in [0.2, 0.25) is 0 Å². The van der Waals surface area contributed by atoms with Crippen LogP contribution in [0.1, 0.15) is 29.3 Å². The van der Waals surface area contributed by atoms with Crippen LogP contribution in [0.5, 0.6) is 0 Å². The summed E-state index contributed by atoms with van der Waals surface area (Å²) in [7, 11) is 0. The smallest absolute Gasteiger partial charge is 0.351 e. The minimum Gasteiger partial charge on any atom is -0.351 e. The Morgan fingerprint density at radius 2 is 2.04 bits per heavy atom. The molecule has 1 unspecified atom stereocenters. The van der Waals surface area contributed by atoms with Gasteiger partial charge in [-0.1, -0.05) is 6.07 Å². The van der Waals surface area contributed by atoms with E-state index in [1.807, 2.05) is 6.07 Å². The van der Waals surface area contributed by atoms with Gasteiger partial charge in [-0.3, -0.25) is 9.88 Å². The summed E-state index contributed by atoms with van der Waals surface area (Å²) in [5, 5.41) is 0. The van der Waals surface area contributed by atoms with Crippen LogP contribution in [-0.4, -0.2) is 16.0 Å². The molecule has 2 N–H and O–H groups in total. The second-order valence-electron chi connectivity index (χ2n) is 5.22. The third kappa shape index (κ3) is 2.84. The topological polar surface area (TPSA) is 72.1 Å². The van der Waals surface area contributed by atoms with Crippen molar-refractivity contribution in [3.05, 3.63) is 53.5 Å². The summed E-state index contributed by atoms with van der Waals surface area (Å²) in [6.07, 6.45) is -0.990. The molecule has 0 bridgehead atoms. The summed E-state index contributed by atoms with van der Waals surface area (Å²) < 4.78 is 37.9. The Hall–Kier alpha value is -2.64. The van der Waals surface area contributed by atoms with Crippen LogP contribution in [-0.2, 0) is 12.6 Å². The van der Waals surface area contributed by atoms with Gasteiger partial charge in [0.2, 0.25) is 0 Å². The Morgan fingerprint density at radius 1 is 1.26 bits per heavy atom. The maximum Gasteiger partial charge on any atom is 0.417 e. The van der Waals surface area contributed by atoms with Gasteiger partial charge in [-0.25, -0.2) is 9.78 Å². The minimum absolute atomic E-state index is 0.355. The maximum atomic E-state index is 12.6. The lowest BCUT2D eigenvalue weighted by molar-refractivity contribution is -0.137. The second-order valence-corrected chi connectivity index (χ2v) is 5.22. The predicted octanol–water partition coefficient (Wildman–Crippen LogP) is 3.07. The molecule has 120 valence electrons. The lowest BCUT2D eigenvalue weighted by Gasteiger charge is -2.34. The second kappa shape index (κ2) is 5.53. The fourth-order valence-corrected chi connectivity index (χ4v) is 2.72. The van der Waals surface area contributed by atoms with Gasteiger partial charge in [-0.05, 0) is 36.6 Å². The van der Waals surface area contributed by atoms with E-state index in [-0.39, 0.29) is 0 Å². The molecule has 0 saturated heterocycles. The fraction of sp³-hybridized carbons (Fsp3) is 0.267. The zero-order valence-corrected chi connectivity index (χ0v) is 11.9. The Bertz CT molecular complexity index is 730. The molecule has 0 aromatic carbocycles. The normalized spacial score (nSPS) is 17.7. The SMILES string of the molecule is NC(=O)N1c2ncccc2CCC1c1ccc(C(F)(F)F)cn1. The van der Waals surface area contributed by atoms with Gasteiger partial charge in [-0.15, -0.1) is 0 Å². The number of fused-ring (bicyclic) bond motifs is 1. The largest absolute Gasteiger partial charge is 0.417 e. The molecule has 1 aliphatic rings. The Balaban J connectivity index is 1.98. The molecule has 1 aliphatic heterocycles. The van der Waals surface area contributed by atoms with Crippen molar-refractivity contribution >= 4 is 11.8 Å². The first-order valence-corrected chi connectivity index (χ1v) is 6.93. The number of amides is 2. The summed E-state index contributed by atoms with van der Waals surface area (Å²) in [5.74, 6) is 0.429. The zero-order chi connectivity index (χ0) is 16.6. The number of anilines is 1. The minimum atomic E-state index is -4.45. The van der Waals surface area contributed by atoms with Crippen molar-refractivity contribution in [2.75, 3.05) is 4.90 Å². The fourth-order valence-electron chi connectivity index (χ4n) is 2.72. The van der Waals surface area contributed by atoms with Crippen molar-refractivity contribution in [3.8, 4) is 0 Å². The lowest BCUT2D eigenvalue weighted by Crippen LogP contribution is -2.42. The van der Waals surface area contributed by atoms with Crippen molar-refractivity contribution < 1.29 is 18.0 Å². The van der Waals surface area contributed by atoms with Crippen LogP contribution in [0.3, 0.4) is 0 Å². The number of hydrogen-bond donors (Lipinski definition) is 1. The highest BCUT2D eigenvalue weighted by molar-refractivity contribution is 5.91. The quantitative estimate of drug-likeness (QED) is 0.877. The standard InChI is InChI=1S/C15H13F3N4O/c16-15(17,18)10-4-5-11(21-8-10)12-6-3-9-2-1-7-20-13(9)22(12)14(19)23/h1-2,4-5,7-8,12H,3,6H2,(H2,19,23). The monoisotopic (exact) mass is 322 g/mol. The van der Waals surface area contributed by atoms with Gasteiger partial charge in [0.15, 0.2) is 0 Å². The number of nitrogens with two attached hydrogens (primary N) is 1.